The van der Waals surface area contributed by atoms with Crippen LogP contribution in [0.2, 0.25) is 25.7 Å². The Hall–Kier alpha value is -2.68. The molecule has 2 amide bonds. The number of anilines is 1. The minimum Gasteiger partial charge on any atom is -0.444 e. The molecule has 8 heteroatoms. The van der Waals surface area contributed by atoms with E-state index in [1.807, 2.05) is 75.4 Å². The largest absolute Gasteiger partial charge is 0.444 e. The van der Waals surface area contributed by atoms with Crippen molar-refractivity contribution in [2.45, 2.75) is 76.5 Å². The number of hydrogen-bond donors (Lipinski definition) is 0. The highest BCUT2D eigenvalue weighted by Crippen LogP contribution is 2.49. The number of carbonyl (C=O) groups is 2. The Morgan fingerprint density at radius 3 is 2.39 bits per heavy atom. The zero-order chi connectivity index (χ0) is 27.6. The van der Waals surface area contributed by atoms with E-state index >= 15 is 0 Å². The zero-order valence-electron chi connectivity index (χ0n) is 23.7. The van der Waals surface area contributed by atoms with E-state index in [0.717, 1.165) is 22.9 Å². The van der Waals surface area contributed by atoms with Crippen molar-refractivity contribution in [3.05, 3.63) is 65.7 Å². The van der Waals surface area contributed by atoms with Crippen LogP contribution in [0.15, 0.2) is 54.6 Å². The number of benzene rings is 2. The van der Waals surface area contributed by atoms with E-state index in [1.54, 1.807) is 9.80 Å². The molecule has 0 saturated carbocycles. The molecule has 2 heterocycles. The Labute approximate surface area is 228 Å². The normalized spacial score (nSPS) is 21.3. The van der Waals surface area contributed by atoms with Crippen LogP contribution in [0, 0.1) is 0 Å². The van der Waals surface area contributed by atoms with Crippen molar-refractivity contribution in [2.24, 2.45) is 0 Å². The summed E-state index contributed by atoms with van der Waals surface area (Å²) in [5.74, 6) is -0.0224. The summed E-state index contributed by atoms with van der Waals surface area (Å²) in [6, 6.07) is 18.6. The topological polar surface area (TPSA) is 68.3 Å². The summed E-state index contributed by atoms with van der Waals surface area (Å²) >= 11 is 0. The number of fused-ring (bicyclic) bond motifs is 2. The standard InChI is InChI=1S/C30H42N2O5Si/c1-29(2,3)37-28(34)31-21-30(18-24(31)20-36-19-23-12-8-7-9-13-23)25-14-10-11-15-26(25)32(27(30)33)22-35-16-17-38(4,5)6/h7-15,24H,16-22H2,1-6H3/t24-,30-/m1/s1. The first-order valence-corrected chi connectivity index (χ1v) is 17.2. The molecule has 0 aliphatic carbocycles. The number of likely N-dealkylation sites (tertiary alicyclic amines) is 1. The van der Waals surface area contributed by atoms with Gasteiger partial charge in [-0.3, -0.25) is 9.69 Å². The Kier molecular flexibility index (Phi) is 8.35. The summed E-state index contributed by atoms with van der Waals surface area (Å²) < 4.78 is 17.9. The van der Waals surface area contributed by atoms with Crippen LogP contribution in [0.3, 0.4) is 0 Å². The smallest absolute Gasteiger partial charge is 0.410 e. The van der Waals surface area contributed by atoms with E-state index in [0.29, 0.717) is 26.2 Å². The van der Waals surface area contributed by atoms with Crippen molar-refractivity contribution in [1.82, 2.24) is 4.90 Å². The van der Waals surface area contributed by atoms with E-state index < -0.39 is 25.2 Å². The lowest BCUT2D eigenvalue weighted by molar-refractivity contribution is -0.123. The maximum Gasteiger partial charge on any atom is 0.410 e. The lowest BCUT2D eigenvalue weighted by atomic mass is 9.79. The van der Waals surface area contributed by atoms with Gasteiger partial charge in [-0.25, -0.2) is 4.79 Å². The van der Waals surface area contributed by atoms with E-state index in [4.69, 9.17) is 14.2 Å². The van der Waals surface area contributed by atoms with Crippen molar-refractivity contribution in [3.63, 3.8) is 0 Å². The molecule has 0 aromatic heterocycles. The Morgan fingerprint density at radius 1 is 1.03 bits per heavy atom. The van der Waals surface area contributed by atoms with Crippen LogP contribution < -0.4 is 4.90 Å². The molecule has 0 bridgehead atoms. The highest BCUT2D eigenvalue weighted by Gasteiger charge is 2.58. The van der Waals surface area contributed by atoms with Gasteiger partial charge in [0, 0.05) is 21.2 Å². The predicted octanol–water partition coefficient (Wildman–Crippen LogP) is 5.81. The van der Waals surface area contributed by atoms with E-state index in [-0.39, 0.29) is 25.2 Å². The van der Waals surface area contributed by atoms with Crippen molar-refractivity contribution < 1.29 is 23.8 Å². The first kappa shape index (κ1) is 28.3. The first-order valence-electron chi connectivity index (χ1n) is 13.5. The molecule has 0 unspecified atom stereocenters. The van der Waals surface area contributed by atoms with Crippen LogP contribution >= 0.6 is 0 Å². The van der Waals surface area contributed by atoms with Gasteiger partial charge in [0.1, 0.15) is 12.3 Å². The molecule has 38 heavy (non-hydrogen) atoms. The number of para-hydroxylation sites is 1. The van der Waals surface area contributed by atoms with Gasteiger partial charge < -0.3 is 19.1 Å². The number of carbonyl (C=O) groups excluding carboxylic acids is 2. The summed E-state index contributed by atoms with van der Waals surface area (Å²) in [5, 5.41) is 0. The minimum absolute atomic E-state index is 0.0224. The highest BCUT2D eigenvalue weighted by molar-refractivity contribution is 6.76. The average molecular weight is 539 g/mol. The van der Waals surface area contributed by atoms with Crippen LogP contribution in [-0.4, -0.2) is 63.1 Å². The van der Waals surface area contributed by atoms with Gasteiger partial charge in [-0.15, -0.1) is 0 Å². The van der Waals surface area contributed by atoms with E-state index in [1.165, 1.54) is 0 Å². The minimum atomic E-state index is -1.24. The maximum atomic E-state index is 14.1. The molecule has 0 radical (unpaired) electrons. The molecule has 2 aliphatic rings. The molecule has 206 valence electrons. The molecule has 1 saturated heterocycles. The van der Waals surface area contributed by atoms with Crippen molar-refractivity contribution >= 4 is 25.8 Å². The fourth-order valence-electron chi connectivity index (χ4n) is 5.18. The molecular formula is C30H42N2O5Si. The van der Waals surface area contributed by atoms with Crippen LogP contribution in [-0.2, 0) is 31.0 Å². The summed E-state index contributed by atoms with van der Waals surface area (Å²) in [6.45, 7) is 14.4. The van der Waals surface area contributed by atoms with Crippen LogP contribution in [0.25, 0.3) is 0 Å². The first-order chi connectivity index (χ1) is 17.9. The van der Waals surface area contributed by atoms with Crippen molar-refractivity contribution in [1.29, 1.82) is 0 Å². The number of nitrogens with zero attached hydrogens (tertiary/aromatic N) is 2. The number of rotatable bonds is 9. The second-order valence-electron chi connectivity index (χ2n) is 12.6. The van der Waals surface area contributed by atoms with Gasteiger partial charge in [0.2, 0.25) is 5.91 Å². The fourth-order valence-corrected chi connectivity index (χ4v) is 5.93. The summed E-state index contributed by atoms with van der Waals surface area (Å²) in [5.41, 5.74) is 1.37. The van der Waals surface area contributed by atoms with Gasteiger partial charge in [-0.1, -0.05) is 68.2 Å². The third kappa shape index (κ3) is 6.47. The van der Waals surface area contributed by atoms with Gasteiger partial charge in [-0.05, 0) is 50.4 Å². The summed E-state index contributed by atoms with van der Waals surface area (Å²) in [7, 11) is -1.24. The molecule has 1 spiro atoms. The monoisotopic (exact) mass is 538 g/mol. The molecule has 2 aromatic carbocycles. The van der Waals surface area contributed by atoms with Crippen LogP contribution in [0.1, 0.15) is 38.3 Å². The molecule has 7 nitrogen and oxygen atoms in total. The highest BCUT2D eigenvalue weighted by atomic mass is 28.3. The fraction of sp³-hybridized carbons (Fsp3) is 0.533. The van der Waals surface area contributed by atoms with Crippen LogP contribution in [0.5, 0.6) is 0 Å². The number of hydrogen-bond acceptors (Lipinski definition) is 5. The lowest BCUT2D eigenvalue weighted by Gasteiger charge is -2.29. The predicted molar refractivity (Wildman–Crippen MR) is 152 cm³/mol. The molecule has 0 N–H and O–H groups in total. The second kappa shape index (κ2) is 11.2. The van der Waals surface area contributed by atoms with Gasteiger partial charge in [-0.2, -0.15) is 0 Å². The molecule has 1 fully saturated rings. The molecule has 4 rings (SSSR count). The van der Waals surface area contributed by atoms with Gasteiger partial charge in [0.15, 0.2) is 0 Å². The van der Waals surface area contributed by atoms with Gasteiger partial charge in [0.25, 0.3) is 0 Å². The molecule has 2 aromatic rings. The van der Waals surface area contributed by atoms with Gasteiger partial charge >= 0.3 is 6.09 Å². The van der Waals surface area contributed by atoms with Crippen molar-refractivity contribution in [2.75, 3.05) is 31.4 Å². The Morgan fingerprint density at radius 2 is 1.71 bits per heavy atom. The Bertz CT molecular complexity index is 1130. The Balaban J connectivity index is 1.56. The maximum absolute atomic E-state index is 14.1. The summed E-state index contributed by atoms with van der Waals surface area (Å²) in [4.78, 5) is 30.9. The second-order valence-corrected chi connectivity index (χ2v) is 18.3. The van der Waals surface area contributed by atoms with Gasteiger partial charge in [0.05, 0.1) is 30.4 Å². The molecule has 2 aliphatic heterocycles. The third-order valence-corrected chi connectivity index (χ3v) is 8.80. The van der Waals surface area contributed by atoms with Crippen LogP contribution in [0.4, 0.5) is 10.5 Å². The number of amides is 2. The van der Waals surface area contributed by atoms with E-state index in [2.05, 4.69) is 19.6 Å². The quantitative estimate of drug-likeness (QED) is 0.298. The average Bonchev–Trinajstić information content (AvgIpc) is 3.33. The lowest BCUT2D eigenvalue weighted by Crippen LogP contribution is -2.45. The molecular weight excluding hydrogens is 496 g/mol. The van der Waals surface area contributed by atoms with E-state index in [9.17, 15) is 9.59 Å². The SMILES string of the molecule is CC(C)(C)OC(=O)N1C[C@@]2(C[C@@H]1COCc1ccccc1)C(=O)N(COCC[Si](C)(C)C)c1ccccc12. The summed E-state index contributed by atoms with van der Waals surface area (Å²) in [6.07, 6.45) is 0.0558. The molecule has 2 atom stereocenters. The third-order valence-electron chi connectivity index (χ3n) is 7.10. The zero-order valence-corrected chi connectivity index (χ0v) is 24.7. The number of ether oxygens (including phenoxy) is 3. The van der Waals surface area contributed by atoms with Crippen molar-refractivity contribution in [3.8, 4) is 0 Å².